The topological polar surface area (TPSA) is 115 Å². The maximum atomic E-state index is 15.8. The summed E-state index contributed by atoms with van der Waals surface area (Å²) < 4.78 is 103. The third-order valence-corrected chi connectivity index (χ3v) is 10.4. The Labute approximate surface area is 301 Å². The molecule has 6 heterocycles. The molecular formula is C36H38F6N8O3. The number of nitrogens with zero attached hydrogens (tertiary/aromatic N) is 7. The van der Waals surface area contributed by atoms with Crippen molar-refractivity contribution < 1.29 is 40.6 Å². The highest BCUT2D eigenvalue weighted by Crippen LogP contribution is 2.45. The third-order valence-electron chi connectivity index (χ3n) is 10.4. The summed E-state index contributed by atoms with van der Waals surface area (Å²) in [7, 11) is 2.99. The molecule has 17 heteroatoms. The zero-order chi connectivity index (χ0) is 37.8. The van der Waals surface area contributed by atoms with E-state index in [0.29, 0.717) is 49.9 Å². The van der Waals surface area contributed by atoms with Gasteiger partial charge in [-0.1, -0.05) is 5.92 Å². The van der Waals surface area contributed by atoms with Crippen molar-refractivity contribution in [1.82, 2.24) is 29.5 Å². The number of hydrogen-bond acceptors (Lipinski definition) is 9. The van der Waals surface area contributed by atoms with Gasteiger partial charge in [0, 0.05) is 56.8 Å². The zero-order valence-corrected chi connectivity index (χ0v) is 29.4. The van der Waals surface area contributed by atoms with Crippen LogP contribution in [0.15, 0.2) is 18.0 Å². The second-order valence-electron chi connectivity index (χ2n) is 14.0. The molecule has 4 aliphatic rings. The zero-order valence-electron chi connectivity index (χ0n) is 29.4. The minimum Gasteiger partial charge on any atom is -0.461 e. The SMILES string of the molecule is CC#Cc1cc(N)c(F)c([C@H]2Cc3nc(OC[C@@]45CCCN4C/C(=C/F)C5)nc(N4CCCn5nc(C(=O)N(C)C)c(F)c5C4)c3CO2)c1C(F)(F)F. The summed E-state index contributed by atoms with van der Waals surface area (Å²) in [5.41, 5.74) is 3.45. The van der Waals surface area contributed by atoms with Crippen LogP contribution in [0.5, 0.6) is 6.01 Å². The molecule has 0 radical (unpaired) electrons. The van der Waals surface area contributed by atoms with E-state index in [2.05, 4.69) is 26.8 Å². The van der Waals surface area contributed by atoms with E-state index in [4.69, 9.17) is 20.2 Å². The summed E-state index contributed by atoms with van der Waals surface area (Å²) in [5.74, 6) is 2.48. The van der Waals surface area contributed by atoms with Crippen LogP contribution in [0.25, 0.3) is 0 Å². The lowest BCUT2D eigenvalue weighted by Gasteiger charge is -2.33. The highest BCUT2D eigenvalue weighted by Gasteiger charge is 2.48. The van der Waals surface area contributed by atoms with Gasteiger partial charge < -0.3 is 25.0 Å². The molecule has 2 fully saturated rings. The number of halogens is 6. The Hall–Kier alpha value is -4.82. The van der Waals surface area contributed by atoms with Crippen molar-refractivity contribution in [2.24, 2.45) is 0 Å². The third kappa shape index (κ3) is 6.56. The Kier molecular flexibility index (Phi) is 9.56. The predicted molar refractivity (Wildman–Crippen MR) is 180 cm³/mol. The fourth-order valence-electron chi connectivity index (χ4n) is 7.95. The van der Waals surface area contributed by atoms with E-state index in [1.54, 1.807) is 4.90 Å². The van der Waals surface area contributed by atoms with Gasteiger partial charge in [0.1, 0.15) is 12.4 Å². The number of carbonyl (C=O) groups is 1. The molecule has 1 amide bonds. The minimum absolute atomic E-state index is 0.0602. The molecule has 2 N–H and O–H groups in total. The molecule has 2 aromatic heterocycles. The molecule has 11 nitrogen and oxygen atoms in total. The van der Waals surface area contributed by atoms with Gasteiger partial charge in [-0.3, -0.25) is 14.4 Å². The molecule has 0 spiro atoms. The van der Waals surface area contributed by atoms with Gasteiger partial charge in [0.2, 0.25) is 0 Å². The molecule has 0 unspecified atom stereocenters. The van der Waals surface area contributed by atoms with E-state index in [1.807, 2.05) is 0 Å². The first-order valence-corrected chi connectivity index (χ1v) is 17.3. The molecule has 282 valence electrons. The van der Waals surface area contributed by atoms with Gasteiger partial charge >= 0.3 is 12.2 Å². The molecule has 0 saturated carbocycles. The highest BCUT2D eigenvalue weighted by molar-refractivity contribution is 5.92. The summed E-state index contributed by atoms with van der Waals surface area (Å²) >= 11 is 0. The van der Waals surface area contributed by atoms with Crippen molar-refractivity contribution in [3.8, 4) is 17.9 Å². The van der Waals surface area contributed by atoms with Crippen LogP contribution < -0.4 is 15.4 Å². The fourth-order valence-corrected chi connectivity index (χ4v) is 7.95. The standard InChI is InChI=1S/C36H38F6N8O3/c1-4-7-21-12-23(43)29(38)27(28(21)36(40,41)42)26-13-24-22(18-52-26)32(45-34(44-24)53-19-35-8-5-10-49(35)16-20(14-35)15-37)48-9-6-11-50-25(17-48)30(39)31(46-50)33(51)47(2)3/h12,15,26H,5-6,8-11,13-14,16-19,43H2,1-3H3/b20-15+/t26-,35+/m1/s1. The Balaban J connectivity index is 1.30. The number of aryl methyl sites for hydroxylation is 1. The lowest BCUT2D eigenvalue weighted by Crippen LogP contribution is -2.43. The molecule has 2 atom stereocenters. The van der Waals surface area contributed by atoms with Gasteiger partial charge in [-0.05, 0) is 50.8 Å². The maximum absolute atomic E-state index is 15.8. The second-order valence-corrected chi connectivity index (χ2v) is 14.0. The number of fused-ring (bicyclic) bond motifs is 3. The monoisotopic (exact) mass is 744 g/mol. The molecule has 0 bridgehead atoms. The lowest BCUT2D eigenvalue weighted by molar-refractivity contribution is -0.140. The number of amides is 1. The van der Waals surface area contributed by atoms with Crippen LogP contribution in [0.4, 0.5) is 37.8 Å². The number of ether oxygens (including phenoxy) is 2. The highest BCUT2D eigenvalue weighted by atomic mass is 19.4. The molecule has 7 rings (SSSR count). The number of aromatic nitrogens is 4. The van der Waals surface area contributed by atoms with Crippen molar-refractivity contribution in [2.75, 3.05) is 51.0 Å². The summed E-state index contributed by atoms with van der Waals surface area (Å²) in [6.07, 6.45) is -3.57. The van der Waals surface area contributed by atoms with Gasteiger partial charge in [0.05, 0.1) is 53.8 Å². The van der Waals surface area contributed by atoms with Gasteiger partial charge in [-0.15, -0.1) is 5.92 Å². The number of alkyl halides is 3. The lowest BCUT2D eigenvalue weighted by atomic mass is 9.91. The Bertz CT molecular complexity index is 2050. The van der Waals surface area contributed by atoms with Gasteiger partial charge in [0.15, 0.2) is 17.3 Å². The van der Waals surface area contributed by atoms with E-state index < -0.39 is 57.7 Å². The quantitative estimate of drug-likeness (QED) is 0.204. The summed E-state index contributed by atoms with van der Waals surface area (Å²) in [4.78, 5) is 27.2. The molecule has 1 aromatic carbocycles. The van der Waals surface area contributed by atoms with Crippen molar-refractivity contribution in [2.45, 2.75) is 76.5 Å². The average Bonchev–Trinajstić information content (AvgIpc) is 3.71. The number of hydrogen-bond donors (Lipinski definition) is 1. The number of nitrogens with two attached hydrogens (primary N) is 1. The first kappa shape index (κ1) is 36.5. The van der Waals surface area contributed by atoms with Crippen LogP contribution in [-0.4, -0.2) is 81.3 Å². The predicted octanol–water partition coefficient (Wildman–Crippen LogP) is 5.32. The van der Waals surface area contributed by atoms with Crippen LogP contribution in [-0.2, 0) is 37.0 Å². The number of carbonyl (C=O) groups excluding carboxylic acids is 1. The normalized spacial score (nSPS) is 22.2. The van der Waals surface area contributed by atoms with Crippen LogP contribution in [0.2, 0.25) is 0 Å². The Morgan fingerprint density at radius 1 is 1.17 bits per heavy atom. The molecule has 2 saturated heterocycles. The number of rotatable bonds is 6. The summed E-state index contributed by atoms with van der Waals surface area (Å²) in [6, 6.07) is 0.766. The fraction of sp³-hybridized carbons (Fsp3) is 0.500. The first-order valence-electron chi connectivity index (χ1n) is 17.3. The van der Waals surface area contributed by atoms with Crippen molar-refractivity contribution in [3.63, 3.8) is 0 Å². The van der Waals surface area contributed by atoms with Crippen LogP contribution >= 0.6 is 0 Å². The summed E-state index contributed by atoms with van der Waals surface area (Å²) in [5, 5.41) is 4.25. The van der Waals surface area contributed by atoms with Gasteiger partial charge in [-0.25, -0.2) is 13.2 Å². The molecule has 3 aromatic rings. The van der Waals surface area contributed by atoms with E-state index in [0.717, 1.165) is 25.5 Å². The smallest absolute Gasteiger partial charge is 0.418 e. The Morgan fingerprint density at radius 3 is 2.68 bits per heavy atom. The van der Waals surface area contributed by atoms with Crippen LogP contribution in [0, 0.1) is 23.5 Å². The Morgan fingerprint density at radius 2 is 1.96 bits per heavy atom. The first-order chi connectivity index (χ1) is 25.2. The van der Waals surface area contributed by atoms with E-state index in [9.17, 15) is 22.4 Å². The van der Waals surface area contributed by atoms with E-state index >= 15 is 8.78 Å². The molecule has 53 heavy (non-hydrogen) atoms. The summed E-state index contributed by atoms with van der Waals surface area (Å²) in [6.45, 7) is 2.99. The maximum Gasteiger partial charge on any atom is 0.418 e. The number of benzene rings is 1. The molecular weight excluding hydrogens is 706 g/mol. The number of nitrogen functional groups attached to an aromatic ring is 1. The van der Waals surface area contributed by atoms with Crippen LogP contribution in [0.1, 0.15) is 82.8 Å². The van der Waals surface area contributed by atoms with Crippen LogP contribution in [0.3, 0.4) is 0 Å². The molecule has 0 aliphatic carbocycles. The largest absolute Gasteiger partial charge is 0.461 e. The van der Waals surface area contributed by atoms with Crippen molar-refractivity contribution in [1.29, 1.82) is 0 Å². The van der Waals surface area contributed by atoms with Crippen molar-refractivity contribution >= 4 is 17.4 Å². The minimum atomic E-state index is -5.00. The average molecular weight is 745 g/mol. The van der Waals surface area contributed by atoms with Gasteiger partial charge in [-0.2, -0.15) is 28.2 Å². The molecule has 4 aliphatic heterocycles. The van der Waals surface area contributed by atoms with Crippen molar-refractivity contribution in [3.05, 3.63) is 68.9 Å². The van der Waals surface area contributed by atoms with Gasteiger partial charge in [0.25, 0.3) is 5.91 Å². The van der Waals surface area contributed by atoms with E-state index in [1.165, 1.54) is 30.6 Å². The second kappa shape index (κ2) is 13.9. The number of anilines is 2. The van der Waals surface area contributed by atoms with E-state index in [-0.39, 0.29) is 55.1 Å².